The van der Waals surface area contributed by atoms with Gasteiger partial charge in [-0.05, 0) is 37.7 Å². The van der Waals surface area contributed by atoms with Gasteiger partial charge in [-0.3, -0.25) is 19.0 Å². The normalized spacial score (nSPS) is 14.7. The highest BCUT2D eigenvalue weighted by molar-refractivity contribution is 7.22. The van der Waals surface area contributed by atoms with Crippen molar-refractivity contribution in [2.75, 3.05) is 42.9 Å². The number of ketones is 1. The molecule has 0 saturated carbocycles. The molecule has 0 radical (unpaired) electrons. The van der Waals surface area contributed by atoms with E-state index in [0.717, 1.165) is 37.9 Å². The van der Waals surface area contributed by atoms with Crippen LogP contribution in [0.1, 0.15) is 24.2 Å². The number of amides is 1. The number of fused-ring (bicyclic) bond motifs is 1. The molecular formula is C21H24N6O3S. The number of anilines is 2. The molecule has 10 heteroatoms. The maximum Gasteiger partial charge on any atom is 0.273 e. The predicted molar refractivity (Wildman–Crippen MR) is 121 cm³/mol. The standard InChI is InChI=1S/C21H24N6O3S/c1-3-25-8-10-26(11-9-25)21-24-19-18(31-21)20(30)27(13-22-19)12-17(29)23-16-6-4-15(5-7-16)14(2)28/h4-7,13H,3,8-12H2,1-2H3,(H,23,29). The van der Waals surface area contributed by atoms with Crippen molar-refractivity contribution in [2.45, 2.75) is 20.4 Å². The summed E-state index contributed by atoms with van der Waals surface area (Å²) in [5.41, 5.74) is 1.27. The fourth-order valence-corrected chi connectivity index (χ4v) is 4.50. The van der Waals surface area contributed by atoms with Gasteiger partial charge in [-0.15, -0.1) is 0 Å². The third-order valence-corrected chi connectivity index (χ3v) is 6.45. The van der Waals surface area contributed by atoms with Crippen LogP contribution in [0.2, 0.25) is 0 Å². The highest BCUT2D eigenvalue weighted by Gasteiger charge is 2.20. The van der Waals surface area contributed by atoms with E-state index in [1.807, 2.05) is 0 Å². The van der Waals surface area contributed by atoms with E-state index in [-0.39, 0.29) is 23.8 Å². The molecule has 0 unspecified atom stereocenters. The number of carbonyl (C=O) groups excluding carboxylic acids is 2. The first-order valence-corrected chi connectivity index (χ1v) is 11.0. The topological polar surface area (TPSA) is 100 Å². The van der Waals surface area contributed by atoms with E-state index in [1.165, 1.54) is 29.2 Å². The van der Waals surface area contributed by atoms with Gasteiger partial charge in [-0.25, -0.2) is 4.98 Å². The number of thiazole rings is 1. The van der Waals surface area contributed by atoms with Gasteiger partial charge in [0.1, 0.15) is 17.6 Å². The molecule has 1 amide bonds. The minimum Gasteiger partial charge on any atom is -0.345 e. The van der Waals surface area contributed by atoms with Crippen molar-refractivity contribution < 1.29 is 9.59 Å². The molecule has 0 spiro atoms. The molecule has 2 aromatic heterocycles. The van der Waals surface area contributed by atoms with Crippen molar-refractivity contribution >= 4 is 44.2 Å². The molecule has 4 rings (SSSR count). The van der Waals surface area contributed by atoms with Crippen LogP contribution in [0.3, 0.4) is 0 Å². The van der Waals surface area contributed by atoms with Crippen LogP contribution < -0.4 is 15.8 Å². The highest BCUT2D eigenvalue weighted by atomic mass is 32.1. The van der Waals surface area contributed by atoms with E-state index in [0.29, 0.717) is 21.6 Å². The van der Waals surface area contributed by atoms with Gasteiger partial charge in [0, 0.05) is 37.4 Å². The van der Waals surface area contributed by atoms with Gasteiger partial charge in [0.25, 0.3) is 5.56 Å². The third kappa shape index (κ3) is 4.64. The molecule has 1 aliphatic heterocycles. The van der Waals surface area contributed by atoms with Gasteiger partial charge >= 0.3 is 0 Å². The lowest BCUT2D eigenvalue weighted by molar-refractivity contribution is -0.116. The van der Waals surface area contributed by atoms with Crippen molar-refractivity contribution in [3.05, 3.63) is 46.5 Å². The monoisotopic (exact) mass is 440 g/mol. The quantitative estimate of drug-likeness (QED) is 0.584. The average molecular weight is 441 g/mol. The molecule has 162 valence electrons. The Bertz CT molecular complexity index is 1160. The van der Waals surface area contributed by atoms with Crippen LogP contribution in [-0.2, 0) is 11.3 Å². The number of likely N-dealkylation sites (N-methyl/N-ethyl adjacent to an activating group) is 1. The summed E-state index contributed by atoms with van der Waals surface area (Å²) in [4.78, 5) is 50.0. The molecule has 1 aliphatic rings. The maximum atomic E-state index is 12.9. The summed E-state index contributed by atoms with van der Waals surface area (Å²) in [7, 11) is 0. The van der Waals surface area contributed by atoms with Gasteiger partial charge in [-0.2, -0.15) is 4.98 Å². The number of carbonyl (C=O) groups is 2. The van der Waals surface area contributed by atoms with Crippen LogP contribution in [0.15, 0.2) is 35.4 Å². The van der Waals surface area contributed by atoms with Crippen LogP contribution in [0.5, 0.6) is 0 Å². The molecule has 0 aliphatic carbocycles. The van der Waals surface area contributed by atoms with Crippen LogP contribution in [-0.4, -0.2) is 63.8 Å². The second-order valence-electron chi connectivity index (χ2n) is 7.43. The molecule has 1 saturated heterocycles. The predicted octanol–water partition coefficient (Wildman–Crippen LogP) is 1.84. The largest absolute Gasteiger partial charge is 0.345 e. The van der Waals surface area contributed by atoms with Gasteiger partial charge < -0.3 is 15.1 Å². The van der Waals surface area contributed by atoms with E-state index in [4.69, 9.17) is 0 Å². The first-order valence-electron chi connectivity index (χ1n) is 10.2. The SMILES string of the molecule is CCN1CCN(c2nc3ncn(CC(=O)Nc4ccc(C(C)=O)cc4)c(=O)c3s2)CC1. The molecule has 1 N–H and O–H groups in total. The summed E-state index contributed by atoms with van der Waals surface area (Å²) in [6.07, 6.45) is 1.36. The van der Waals surface area contributed by atoms with Gasteiger partial charge in [0.05, 0.1) is 0 Å². The van der Waals surface area contributed by atoms with E-state index in [2.05, 4.69) is 32.0 Å². The van der Waals surface area contributed by atoms with Crippen LogP contribution in [0.25, 0.3) is 10.3 Å². The second-order valence-corrected chi connectivity index (χ2v) is 8.41. The van der Waals surface area contributed by atoms with E-state index in [1.54, 1.807) is 24.3 Å². The number of hydrogen-bond donors (Lipinski definition) is 1. The van der Waals surface area contributed by atoms with Gasteiger partial charge in [0.2, 0.25) is 5.91 Å². The van der Waals surface area contributed by atoms with Crippen molar-refractivity contribution in [2.24, 2.45) is 0 Å². The van der Waals surface area contributed by atoms with Crippen molar-refractivity contribution in [1.82, 2.24) is 19.4 Å². The lowest BCUT2D eigenvalue weighted by Gasteiger charge is -2.33. The average Bonchev–Trinajstić information content (AvgIpc) is 3.21. The molecule has 3 aromatic rings. The Morgan fingerprint density at radius 3 is 2.48 bits per heavy atom. The number of nitrogens with zero attached hydrogens (tertiary/aromatic N) is 5. The fourth-order valence-electron chi connectivity index (χ4n) is 3.48. The number of aromatic nitrogens is 3. The fraction of sp³-hybridized carbons (Fsp3) is 0.381. The Morgan fingerprint density at radius 1 is 1.13 bits per heavy atom. The first kappa shape index (κ1) is 21.1. The van der Waals surface area contributed by atoms with Crippen molar-refractivity contribution in [1.29, 1.82) is 0 Å². The van der Waals surface area contributed by atoms with Gasteiger partial charge in [0.15, 0.2) is 16.6 Å². The smallest absolute Gasteiger partial charge is 0.273 e. The first-order chi connectivity index (χ1) is 14.9. The summed E-state index contributed by atoms with van der Waals surface area (Å²) in [6.45, 7) is 8.19. The Hall–Kier alpha value is -3.11. The highest BCUT2D eigenvalue weighted by Crippen LogP contribution is 2.26. The lowest BCUT2D eigenvalue weighted by atomic mass is 10.1. The number of hydrogen-bond acceptors (Lipinski definition) is 8. The number of rotatable bonds is 6. The van der Waals surface area contributed by atoms with Gasteiger partial charge in [-0.1, -0.05) is 18.3 Å². The Balaban J connectivity index is 1.47. The van der Waals surface area contributed by atoms with Crippen molar-refractivity contribution in [3.63, 3.8) is 0 Å². The number of nitrogens with one attached hydrogen (secondary N) is 1. The zero-order valence-corrected chi connectivity index (χ0v) is 18.3. The zero-order chi connectivity index (χ0) is 22.0. The number of piperazine rings is 1. The minimum absolute atomic E-state index is 0.0417. The Morgan fingerprint density at radius 2 is 1.84 bits per heavy atom. The maximum absolute atomic E-state index is 12.9. The molecule has 0 bridgehead atoms. The zero-order valence-electron chi connectivity index (χ0n) is 17.5. The molecule has 0 atom stereocenters. The third-order valence-electron chi connectivity index (χ3n) is 5.35. The van der Waals surface area contributed by atoms with Crippen LogP contribution in [0, 0.1) is 0 Å². The lowest BCUT2D eigenvalue weighted by Crippen LogP contribution is -2.46. The number of Topliss-reactive ketones (excluding diaryl/α,β-unsaturated/α-hetero) is 1. The molecule has 31 heavy (non-hydrogen) atoms. The minimum atomic E-state index is -0.348. The summed E-state index contributed by atoms with van der Waals surface area (Å²) in [5, 5.41) is 3.53. The molecule has 1 fully saturated rings. The summed E-state index contributed by atoms with van der Waals surface area (Å²) in [6, 6.07) is 6.62. The number of benzene rings is 1. The summed E-state index contributed by atoms with van der Waals surface area (Å²) >= 11 is 1.33. The van der Waals surface area contributed by atoms with Crippen molar-refractivity contribution in [3.8, 4) is 0 Å². The molecule has 9 nitrogen and oxygen atoms in total. The molecule has 3 heterocycles. The summed E-state index contributed by atoms with van der Waals surface area (Å²) < 4.78 is 1.74. The van der Waals surface area contributed by atoms with Crippen LogP contribution in [0.4, 0.5) is 10.8 Å². The Labute approximate surface area is 183 Å². The van der Waals surface area contributed by atoms with E-state index < -0.39 is 0 Å². The second kappa shape index (κ2) is 8.94. The summed E-state index contributed by atoms with van der Waals surface area (Å²) in [5.74, 6) is -0.390. The van der Waals surface area contributed by atoms with E-state index in [9.17, 15) is 14.4 Å². The molecule has 1 aromatic carbocycles. The van der Waals surface area contributed by atoms with E-state index >= 15 is 0 Å². The molecular weight excluding hydrogens is 416 g/mol. The van der Waals surface area contributed by atoms with Crippen LogP contribution >= 0.6 is 11.3 Å². The Kier molecular flexibility index (Phi) is 6.10.